The molecule has 1 N–H and O–H groups in total. The summed E-state index contributed by atoms with van der Waals surface area (Å²) in [5.74, 6) is -0.0592. The van der Waals surface area contributed by atoms with Gasteiger partial charge in [0, 0.05) is 5.92 Å². The molecule has 46 valence electrons. The van der Waals surface area contributed by atoms with E-state index in [-0.39, 0.29) is 11.4 Å². The Labute approximate surface area is 54.2 Å². The summed E-state index contributed by atoms with van der Waals surface area (Å²) in [6.45, 7) is 2.02. The Kier molecular flexibility index (Phi) is 3.10. The molecule has 2 nitrogen and oxygen atoms in total. The molecule has 0 saturated heterocycles. The van der Waals surface area contributed by atoms with Crippen molar-refractivity contribution in [1.29, 1.82) is 5.16 Å². The van der Waals surface area contributed by atoms with Gasteiger partial charge in [0.2, 0.25) is 5.52 Å². The van der Waals surface area contributed by atoms with Crippen LogP contribution < -0.4 is 0 Å². The molecule has 1 unspecified atom stereocenters. The summed E-state index contributed by atoms with van der Waals surface area (Å²) in [6.07, 6.45) is 0. The number of rotatable bonds is 2. The van der Waals surface area contributed by atoms with Crippen LogP contribution in [0.4, 0.5) is 0 Å². The molecule has 0 radical (unpaired) electrons. The average molecular weight is 149 g/mol. The minimum absolute atomic E-state index is 0.0592. The zero-order chi connectivity index (χ0) is 6.73. The molecule has 1 atom stereocenters. The molecule has 4 heteroatoms. The van der Waals surface area contributed by atoms with Crippen molar-refractivity contribution in [3.8, 4) is 0 Å². The van der Waals surface area contributed by atoms with Crippen LogP contribution in [0.1, 0.15) is 13.8 Å². The van der Waals surface area contributed by atoms with Gasteiger partial charge >= 0.3 is 0 Å². The molecule has 0 saturated carbocycles. The van der Waals surface area contributed by atoms with Crippen molar-refractivity contribution in [3.05, 3.63) is 0 Å². The van der Waals surface area contributed by atoms with Gasteiger partial charge in [0.25, 0.3) is 0 Å². The van der Waals surface area contributed by atoms with Gasteiger partial charge < -0.3 is 0 Å². The van der Waals surface area contributed by atoms with E-state index < -0.39 is 6.49 Å². The van der Waals surface area contributed by atoms with Crippen LogP contribution in [0.2, 0.25) is 0 Å². The molecule has 0 aromatic rings. The van der Waals surface area contributed by atoms with Crippen molar-refractivity contribution < 1.29 is 4.79 Å². The van der Waals surface area contributed by atoms with Crippen molar-refractivity contribution in [2.45, 2.75) is 13.8 Å². The van der Waals surface area contributed by atoms with Crippen LogP contribution in [-0.4, -0.2) is 5.52 Å². The molecule has 0 aromatic heterocycles. The van der Waals surface area contributed by atoms with E-state index in [1.165, 1.54) is 0 Å². The zero-order valence-electron chi connectivity index (χ0n) is 4.84. The van der Waals surface area contributed by atoms with Crippen molar-refractivity contribution in [2.24, 2.45) is 5.92 Å². The fourth-order valence-electron chi connectivity index (χ4n) is 0.235. The Balaban J connectivity index is 4.05. The van der Waals surface area contributed by atoms with Gasteiger partial charge in [-0.05, 0) is 11.8 Å². The number of carbonyl (C=O) groups excluding carboxylic acids is 1. The highest BCUT2D eigenvalue weighted by Gasteiger charge is 2.04. The van der Waals surface area contributed by atoms with Crippen LogP contribution in [0.25, 0.3) is 0 Å². The van der Waals surface area contributed by atoms with Crippen LogP contribution in [0.3, 0.4) is 0 Å². The summed E-state index contributed by atoms with van der Waals surface area (Å²) in [6, 6.07) is 0. The lowest BCUT2D eigenvalue weighted by Crippen LogP contribution is -1.96. The van der Waals surface area contributed by atoms with E-state index in [1.54, 1.807) is 13.8 Å². The maximum atomic E-state index is 10.6. The molecule has 0 aliphatic rings. The fourth-order valence-corrected chi connectivity index (χ4v) is 1.34. The van der Waals surface area contributed by atoms with Crippen LogP contribution in [-0.2, 0) is 16.6 Å². The van der Waals surface area contributed by atoms with Crippen LogP contribution >= 0.6 is 6.49 Å². The lowest BCUT2D eigenvalue weighted by molar-refractivity contribution is -0.113. The topological polar surface area (TPSA) is 40.9 Å². The number of carbonyl (C=O) groups is 1. The molecule has 0 fully saturated rings. The monoisotopic (exact) mass is 149 g/mol. The Morgan fingerprint density at radius 2 is 2.12 bits per heavy atom. The molecular formula is C4H8NOPS. The van der Waals surface area contributed by atoms with Crippen molar-refractivity contribution in [1.82, 2.24) is 0 Å². The Morgan fingerprint density at radius 3 is 2.12 bits per heavy atom. The third-order valence-electron chi connectivity index (χ3n) is 0.694. The lowest BCUT2D eigenvalue weighted by Gasteiger charge is -1.92. The molecule has 0 aliphatic carbocycles. The van der Waals surface area contributed by atoms with Gasteiger partial charge in [-0.25, -0.2) is 0 Å². The van der Waals surface area contributed by atoms with Crippen LogP contribution in [0.15, 0.2) is 0 Å². The summed E-state index contributed by atoms with van der Waals surface area (Å²) in [5, 5.41) is 6.84. The van der Waals surface area contributed by atoms with Gasteiger partial charge in [-0.15, -0.1) is 0 Å². The normalized spacial score (nSPS) is 11.6. The SMILES string of the molecule is CC(C)C(=O)P(=N)=S. The summed E-state index contributed by atoms with van der Waals surface area (Å²) in [4.78, 5) is 10.6. The largest absolute Gasteiger partial charge is 0.287 e. The predicted octanol–water partition coefficient (Wildman–Crippen LogP) is 1.88. The van der Waals surface area contributed by atoms with E-state index in [0.717, 1.165) is 0 Å². The van der Waals surface area contributed by atoms with Gasteiger partial charge in [0.1, 0.15) is 0 Å². The summed E-state index contributed by atoms with van der Waals surface area (Å²) in [7, 11) is 0. The van der Waals surface area contributed by atoms with Crippen molar-refractivity contribution in [3.63, 3.8) is 0 Å². The van der Waals surface area contributed by atoms with Crippen molar-refractivity contribution >= 4 is 23.8 Å². The number of hydrogen-bond acceptors (Lipinski definition) is 3. The summed E-state index contributed by atoms with van der Waals surface area (Å²) in [5.41, 5.74) is -0.102. The third kappa shape index (κ3) is 2.34. The Bertz CT molecular complexity index is 153. The lowest BCUT2D eigenvalue weighted by atomic mass is 10.3. The van der Waals surface area contributed by atoms with Gasteiger partial charge in [-0.1, -0.05) is 13.8 Å². The highest BCUT2D eigenvalue weighted by atomic mass is 32.4. The summed E-state index contributed by atoms with van der Waals surface area (Å²) < 4.78 is 0. The number of nitrogens with one attached hydrogen (secondary N) is 1. The smallest absolute Gasteiger partial charge is 0.207 e. The van der Waals surface area contributed by atoms with Gasteiger partial charge in [0.05, 0.1) is 6.49 Å². The quantitative estimate of drug-likeness (QED) is 0.609. The first kappa shape index (κ1) is 7.99. The van der Waals surface area contributed by atoms with Gasteiger partial charge in [0.15, 0.2) is 0 Å². The number of hydrogen-bond donors (Lipinski definition) is 1. The average Bonchev–Trinajstić information content (AvgIpc) is 1.64. The van der Waals surface area contributed by atoms with Gasteiger partial charge in [-0.2, -0.15) is 0 Å². The van der Waals surface area contributed by atoms with Crippen molar-refractivity contribution in [2.75, 3.05) is 0 Å². The van der Waals surface area contributed by atoms with Gasteiger partial charge in [-0.3, -0.25) is 9.96 Å². The van der Waals surface area contributed by atoms with Crippen LogP contribution in [0.5, 0.6) is 0 Å². The first-order valence-electron chi connectivity index (χ1n) is 2.28. The molecule has 8 heavy (non-hydrogen) atoms. The Morgan fingerprint density at radius 1 is 1.75 bits per heavy atom. The molecule has 0 amide bonds. The molecule has 0 bridgehead atoms. The van der Waals surface area contributed by atoms with E-state index >= 15 is 0 Å². The predicted molar refractivity (Wildman–Crippen MR) is 36.8 cm³/mol. The Hall–Kier alpha value is -0.0100. The second-order valence-electron chi connectivity index (χ2n) is 1.79. The maximum absolute atomic E-state index is 10.6. The highest BCUT2D eigenvalue weighted by Crippen LogP contribution is 2.13. The van der Waals surface area contributed by atoms with E-state index in [0.29, 0.717) is 0 Å². The highest BCUT2D eigenvalue weighted by molar-refractivity contribution is 8.07. The second-order valence-corrected chi connectivity index (χ2v) is 3.91. The molecule has 0 aromatic carbocycles. The molecular weight excluding hydrogens is 141 g/mol. The van der Waals surface area contributed by atoms with E-state index in [9.17, 15) is 4.79 Å². The molecule has 0 aliphatic heterocycles. The molecule has 0 rings (SSSR count). The third-order valence-corrected chi connectivity index (χ3v) is 2.15. The minimum atomic E-state index is -1.51. The maximum Gasteiger partial charge on any atom is 0.207 e. The van der Waals surface area contributed by atoms with Crippen LogP contribution in [0, 0.1) is 11.1 Å². The zero-order valence-corrected chi connectivity index (χ0v) is 6.55. The standard InChI is InChI=1S/C4H8NOPS/c1-3(2)4(6)7(5)8/h3,5H,1-2H3. The fraction of sp³-hybridized carbons (Fsp3) is 0.750. The molecule has 0 heterocycles. The first-order valence-corrected chi connectivity index (χ1v) is 4.63. The van der Waals surface area contributed by atoms with E-state index in [2.05, 4.69) is 11.8 Å². The summed E-state index contributed by atoms with van der Waals surface area (Å²) >= 11 is 4.46. The minimum Gasteiger partial charge on any atom is -0.287 e. The second kappa shape index (κ2) is 3.10. The van der Waals surface area contributed by atoms with E-state index in [1.807, 2.05) is 0 Å². The van der Waals surface area contributed by atoms with E-state index in [4.69, 9.17) is 5.16 Å². The first-order chi connectivity index (χ1) is 3.55. The molecule has 0 spiro atoms.